The van der Waals surface area contributed by atoms with Gasteiger partial charge in [0.15, 0.2) is 0 Å². The fourth-order valence-corrected chi connectivity index (χ4v) is 4.00. The maximum Gasteiger partial charge on any atom is 0.129 e. The van der Waals surface area contributed by atoms with Gasteiger partial charge in [0.25, 0.3) is 0 Å². The Hall–Kier alpha value is -0.940. The van der Waals surface area contributed by atoms with E-state index >= 15 is 0 Å². The van der Waals surface area contributed by atoms with Crippen LogP contribution < -0.4 is 5.32 Å². The molecule has 1 aromatic carbocycles. The first-order valence-electron chi connectivity index (χ1n) is 7.67. The summed E-state index contributed by atoms with van der Waals surface area (Å²) in [5.41, 5.74) is 0.629. The zero-order valence-corrected chi connectivity index (χ0v) is 14.0. The fraction of sp³-hybridized carbons (Fsp3) is 0.412. The third-order valence-electron chi connectivity index (χ3n) is 4.13. The van der Waals surface area contributed by atoms with Gasteiger partial charge in [-0.1, -0.05) is 23.7 Å². The second-order valence-electron chi connectivity index (χ2n) is 5.60. The molecule has 3 rings (SSSR count). The molecular weight excluding hydrogens is 319 g/mol. The van der Waals surface area contributed by atoms with E-state index in [-0.39, 0.29) is 11.9 Å². The summed E-state index contributed by atoms with van der Waals surface area (Å²) in [4.78, 5) is 3.63. The van der Waals surface area contributed by atoms with Gasteiger partial charge in [0.2, 0.25) is 0 Å². The molecule has 2 heterocycles. The lowest BCUT2D eigenvalue weighted by atomic mass is 10.0. The van der Waals surface area contributed by atoms with Crippen molar-refractivity contribution in [1.82, 2.24) is 10.2 Å². The molecule has 1 atom stereocenters. The monoisotopic (exact) mass is 338 g/mol. The molecule has 2 nitrogen and oxygen atoms in total. The molecule has 0 saturated carbocycles. The van der Waals surface area contributed by atoms with E-state index in [2.05, 4.69) is 21.7 Å². The number of halogens is 2. The molecule has 1 aromatic heterocycles. The van der Waals surface area contributed by atoms with Crippen LogP contribution in [0.1, 0.15) is 29.3 Å². The molecule has 0 bridgehead atoms. The van der Waals surface area contributed by atoms with Crippen LogP contribution in [0.2, 0.25) is 5.02 Å². The van der Waals surface area contributed by atoms with Crippen molar-refractivity contribution in [3.63, 3.8) is 0 Å². The number of hydrogen-bond acceptors (Lipinski definition) is 3. The van der Waals surface area contributed by atoms with Gasteiger partial charge in [-0.15, -0.1) is 11.3 Å². The van der Waals surface area contributed by atoms with E-state index in [1.807, 2.05) is 6.07 Å². The standard InChI is InChI=1S/C17H20ClFN2S/c18-14-6-3-7-15(19)17(14)16(21-8-1-2-9-21)12-20-11-13-5-4-10-22-13/h3-7,10,16,20H,1-2,8-9,11-12H2/t16-/m0/s1. The molecular formula is C17H20ClFN2S. The minimum atomic E-state index is -0.206. The summed E-state index contributed by atoms with van der Waals surface area (Å²) in [6.07, 6.45) is 2.35. The third kappa shape index (κ3) is 3.69. The molecule has 5 heteroatoms. The van der Waals surface area contributed by atoms with Crippen LogP contribution in [0.4, 0.5) is 4.39 Å². The van der Waals surface area contributed by atoms with Gasteiger partial charge in [-0.3, -0.25) is 4.90 Å². The summed E-state index contributed by atoms with van der Waals surface area (Å²) in [5, 5.41) is 6.06. The van der Waals surface area contributed by atoms with Crippen LogP contribution in [0.3, 0.4) is 0 Å². The zero-order valence-electron chi connectivity index (χ0n) is 12.4. The molecule has 1 fully saturated rings. The van der Waals surface area contributed by atoms with Gasteiger partial charge in [-0.05, 0) is 49.5 Å². The lowest BCUT2D eigenvalue weighted by molar-refractivity contribution is 0.233. The zero-order chi connectivity index (χ0) is 15.4. The predicted molar refractivity (Wildman–Crippen MR) is 91.0 cm³/mol. The molecule has 118 valence electrons. The van der Waals surface area contributed by atoms with Crippen LogP contribution in [0.25, 0.3) is 0 Å². The average molecular weight is 339 g/mol. The summed E-state index contributed by atoms with van der Waals surface area (Å²) in [5.74, 6) is -0.206. The number of likely N-dealkylation sites (tertiary alicyclic amines) is 1. The summed E-state index contributed by atoms with van der Waals surface area (Å²) in [6.45, 7) is 3.54. The van der Waals surface area contributed by atoms with E-state index in [0.717, 1.165) is 19.6 Å². The lowest BCUT2D eigenvalue weighted by Crippen LogP contribution is -2.34. The predicted octanol–water partition coefficient (Wildman–Crippen LogP) is 4.47. The highest BCUT2D eigenvalue weighted by atomic mass is 35.5. The highest BCUT2D eigenvalue weighted by molar-refractivity contribution is 7.09. The van der Waals surface area contributed by atoms with Gasteiger partial charge < -0.3 is 5.32 Å². The Morgan fingerprint density at radius 1 is 1.23 bits per heavy atom. The van der Waals surface area contributed by atoms with Gasteiger partial charge in [-0.2, -0.15) is 0 Å². The Morgan fingerprint density at radius 3 is 2.73 bits per heavy atom. The average Bonchev–Trinajstić information content (AvgIpc) is 3.19. The largest absolute Gasteiger partial charge is 0.310 e. The first-order valence-corrected chi connectivity index (χ1v) is 8.92. The second kappa shape index (κ2) is 7.55. The van der Waals surface area contributed by atoms with Crippen molar-refractivity contribution in [1.29, 1.82) is 0 Å². The number of rotatable bonds is 6. The van der Waals surface area contributed by atoms with Gasteiger partial charge in [0.05, 0.1) is 6.04 Å². The van der Waals surface area contributed by atoms with Crippen LogP contribution in [0.15, 0.2) is 35.7 Å². The number of hydrogen-bond donors (Lipinski definition) is 1. The first-order chi connectivity index (χ1) is 10.8. The highest BCUT2D eigenvalue weighted by Crippen LogP contribution is 2.32. The Bertz CT molecular complexity index is 576. The Labute approximate surface area is 139 Å². The molecule has 1 N–H and O–H groups in total. The molecule has 0 unspecified atom stereocenters. The topological polar surface area (TPSA) is 15.3 Å². The van der Waals surface area contributed by atoms with Gasteiger partial charge in [-0.25, -0.2) is 4.39 Å². The summed E-state index contributed by atoms with van der Waals surface area (Å²) in [7, 11) is 0. The quantitative estimate of drug-likeness (QED) is 0.836. The van der Waals surface area contributed by atoms with E-state index in [4.69, 9.17) is 11.6 Å². The third-order valence-corrected chi connectivity index (χ3v) is 5.34. The minimum Gasteiger partial charge on any atom is -0.310 e. The number of nitrogens with zero attached hydrogens (tertiary/aromatic N) is 1. The van der Waals surface area contributed by atoms with Crippen molar-refractivity contribution < 1.29 is 4.39 Å². The van der Waals surface area contributed by atoms with Gasteiger partial charge in [0, 0.05) is 28.6 Å². The maximum absolute atomic E-state index is 14.3. The van der Waals surface area contributed by atoms with Crippen molar-refractivity contribution in [2.45, 2.75) is 25.4 Å². The van der Waals surface area contributed by atoms with Crippen LogP contribution in [-0.2, 0) is 6.54 Å². The van der Waals surface area contributed by atoms with E-state index in [1.54, 1.807) is 23.5 Å². The van der Waals surface area contributed by atoms with Crippen LogP contribution in [0.5, 0.6) is 0 Å². The Balaban J connectivity index is 1.75. The van der Waals surface area contributed by atoms with Crippen molar-refractivity contribution in [3.05, 3.63) is 57.0 Å². The number of nitrogens with one attached hydrogen (secondary N) is 1. The fourth-order valence-electron chi connectivity index (χ4n) is 3.04. The maximum atomic E-state index is 14.3. The molecule has 0 radical (unpaired) electrons. The van der Waals surface area contributed by atoms with Gasteiger partial charge in [0.1, 0.15) is 5.82 Å². The smallest absolute Gasteiger partial charge is 0.129 e. The first kappa shape index (κ1) is 15.9. The lowest BCUT2D eigenvalue weighted by Gasteiger charge is -2.29. The van der Waals surface area contributed by atoms with Crippen LogP contribution in [0, 0.1) is 5.82 Å². The van der Waals surface area contributed by atoms with Crippen molar-refractivity contribution in [2.24, 2.45) is 0 Å². The van der Waals surface area contributed by atoms with E-state index < -0.39 is 0 Å². The van der Waals surface area contributed by atoms with Gasteiger partial charge >= 0.3 is 0 Å². The Kier molecular flexibility index (Phi) is 5.47. The summed E-state index contributed by atoms with van der Waals surface area (Å²) in [6, 6.07) is 9.11. The molecule has 1 aliphatic rings. The SMILES string of the molecule is Fc1cccc(Cl)c1[C@H](CNCc1cccs1)N1CCCC1. The van der Waals surface area contributed by atoms with Crippen molar-refractivity contribution in [3.8, 4) is 0 Å². The molecule has 0 aliphatic carbocycles. The normalized spacial score (nSPS) is 17.0. The molecule has 2 aromatic rings. The molecule has 1 aliphatic heterocycles. The summed E-state index contributed by atoms with van der Waals surface area (Å²) < 4.78 is 14.3. The number of benzene rings is 1. The molecule has 0 amide bonds. The molecule has 0 spiro atoms. The van der Waals surface area contributed by atoms with Crippen molar-refractivity contribution >= 4 is 22.9 Å². The van der Waals surface area contributed by atoms with E-state index in [9.17, 15) is 4.39 Å². The summed E-state index contributed by atoms with van der Waals surface area (Å²) >= 11 is 8.02. The highest BCUT2D eigenvalue weighted by Gasteiger charge is 2.27. The van der Waals surface area contributed by atoms with Crippen LogP contribution >= 0.6 is 22.9 Å². The molecule has 22 heavy (non-hydrogen) atoms. The van der Waals surface area contributed by atoms with Crippen LogP contribution in [-0.4, -0.2) is 24.5 Å². The second-order valence-corrected chi connectivity index (χ2v) is 7.04. The number of thiophene rings is 1. The van der Waals surface area contributed by atoms with E-state index in [0.29, 0.717) is 17.1 Å². The Morgan fingerprint density at radius 2 is 2.05 bits per heavy atom. The molecule has 1 saturated heterocycles. The van der Waals surface area contributed by atoms with E-state index in [1.165, 1.54) is 23.8 Å². The van der Waals surface area contributed by atoms with Crippen molar-refractivity contribution in [2.75, 3.05) is 19.6 Å². The minimum absolute atomic E-state index is 0.00355.